The second kappa shape index (κ2) is 8.20. The summed E-state index contributed by atoms with van der Waals surface area (Å²) >= 11 is 0. The van der Waals surface area contributed by atoms with Crippen molar-refractivity contribution in [2.75, 3.05) is 0 Å². The molecular weight excluding hydrogens is 315 g/mol. The highest BCUT2D eigenvalue weighted by atomic mass is 19.1. The topological polar surface area (TPSA) is 66.9 Å². The van der Waals surface area contributed by atoms with Crippen molar-refractivity contribution >= 4 is 23.8 Å². The second-order valence-corrected chi connectivity index (χ2v) is 5.65. The van der Waals surface area contributed by atoms with Crippen LogP contribution in [0.15, 0.2) is 49.1 Å². The van der Waals surface area contributed by atoms with Gasteiger partial charge in [0.15, 0.2) is 0 Å². The number of benzene rings is 2. The van der Waals surface area contributed by atoms with Crippen LogP contribution in [0.2, 0.25) is 0 Å². The summed E-state index contributed by atoms with van der Waals surface area (Å²) in [5.41, 5.74) is 8.79. The largest absolute Gasteiger partial charge is 0.370 e. The van der Waals surface area contributed by atoms with E-state index < -0.39 is 11.7 Å². The van der Waals surface area contributed by atoms with Crippen molar-refractivity contribution in [2.45, 2.75) is 19.8 Å². The molecule has 4 heteroatoms. The summed E-state index contributed by atoms with van der Waals surface area (Å²) in [6, 6.07) is 10.3. The van der Waals surface area contributed by atoms with Crippen LogP contribution in [0.25, 0.3) is 23.3 Å². The SMILES string of the molecule is C=Cc1cccc(-c2ccc(C(=N)CCC(N)=O)cc2F)c1/C=C/C. The van der Waals surface area contributed by atoms with Crippen LogP contribution in [0.3, 0.4) is 0 Å². The zero-order valence-corrected chi connectivity index (χ0v) is 14.2. The van der Waals surface area contributed by atoms with Crippen molar-refractivity contribution in [1.82, 2.24) is 0 Å². The number of allylic oxidation sites excluding steroid dienone is 1. The van der Waals surface area contributed by atoms with Gasteiger partial charge in [0.2, 0.25) is 5.91 Å². The Morgan fingerprint density at radius 3 is 2.60 bits per heavy atom. The third kappa shape index (κ3) is 4.29. The van der Waals surface area contributed by atoms with E-state index in [0.29, 0.717) is 11.1 Å². The summed E-state index contributed by atoms with van der Waals surface area (Å²) in [5, 5.41) is 7.97. The molecule has 0 aliphatic carbocycles. The fourth-order valence-electron chi connectivity index (χ4n) is 2.66. The predicted octanol–water partition coefficient (Wildman–Crippen LogP) is 4.80. The molecule has 2 aromatic carbocycles. The molecule has 2 aromatic rings. The van der Waals surface area contributed by atoms with E-state index in [9.17, 15) is 9.18 Å². The van der Waals surface area contributed by atoms with E-state index >= 15 is 0 Å². The van der Waals surface area contributed by atoms with Crippen LogP contribution in [0.4, 0.5) is 4.39 Å². The lowest BCUT2D eigenvalue weighted by Crippen LogP contribution is -2.12. The first-order valence-corrected chi connectivity index (χ1v) is 8.02. The Labute approximate surface area is 147 Å². The fraction of sp³-hybridized carbons (Fsp3) is 0.143. The number of rotatable bonds is 7. The highest BCUT2D eigenvalue weighted by Gasteiger charge is 2.13. The maximum absolute atomic E-state index is 14.7. The minimum atomic E-state index is -0.473. The Morgan fingerprint density at radius 1 is 1.24 bits per heavy atom. The van der Waals surface area contributed by atoms with E-state index in [-0.39, 0.29) is 18.6 Å². The Balaban J connectivity index is 2.44. The summed E-state index contributed by atoms with van der Waals surface area (Å²) in [4.78, 5) is 10.8. The number of carbonyl (C=O) groups excluding carboxylic acids is 1. The summed E-state index contributed by atoms with van der Waals surface area (Å²) in [6.45, 7) is 5.72. The molecule has 0 heterocycles. The summed E-state index contributed by atoms with van der Waals surface area (Å²) < 4.78 is 14.7. The van der Waals surface area contributed by atoms with Gasteiger partial charge in [-0.1, -0.05) is 55.1 Å². The van der Waals surface area contributed by atoms with Crippen LogP contribution < -0.4 is 5.73 Å². The summed E-state index contributed by atoms with van der Waals surface area (Å²) in [6.07, 6.45) is 5.84. The predicted molar refractivity (Wildman–Crippen MR) is 102 cm³/mol. The molecule has 0 spiro atoms. The number of hydrogen-bond acceptors (Lipinski definition) is 2. The Kier molecular flexibility index (Phi) is 6.01. The first-order valence-electron chi connectivity index (χ1n) is 8.02. The first-order chi connectivity index (χ1) is 12.0. The number of halogens is 1. The Hall–Kier alpha value is -3.01. The Bertz CT molecular complexity index is 853. The number of primary amides is 1. The zero-order valence-electron chi connectivity index (χ0n) is 14.2. The smallest absolute Gasteiger partial charge is 0.217 e. The van der Waals surface area contributed by atoms with Crippen LogP contribution >= 0.6 is 0 Å². The van der Waals surface area contributed by atoms with Crippen molar-refractivity contribution in [3.8, 4) is 11.1 Å². The number of nitrogens with two attached hydrogens (primary N) is 1. The van der Waals surface area contributed by atoms with Crippen LogP contribution in [0.1, 0.15) is 36.5 Å². The molecule has 0 saturated carbocycles. The van der Waals surface area contributed by atoms with Crippen molar-refractivity contribution in [3.05, 3.63) is 71.6 Å². The van der Waals surface area contributed by atoms with Gasteiger partial charge in [0, 0.05) is 17.7 Å². The highest BCUT2D eigenvalue weighted by molar-refractivity contribution is 6.00. The van der Waals surface area contributed by atoms with Crippen molar-refractivity contribution in [1.29, 1.82) is 5.41 Å². The molecule has 0 fully saturated rings. The van der Waals surface area contributed by atoms with E-state index in [1.54, 1.807) is 18.2 Å². The molecule has 0 atom stereocenters. The Morgan fingerprint density at radius 2 is 2.00 bits per heavy atom. The standard InChI is InChI=1S/C21H21FN2O/c1-3-6-16-14(4-2)7-5-8-17(16)18-10-9-15(13-19(18)22)20(23)11-12-21(24)25/h3-10,13,23H,2,11-12H2,1H3,(H2,24,25)/b6-3+,23-20?. The molecule has 0 saturated heterocycles. The van der Waals surface area contributed by atoms with E-state index in [2.05, 4.69) is 6.58 Å². The number of nitrogens with one attached hydrogen (secondary N) is 1. The normalized spacial score (nSPS) is 10.8. The quantitative estimate of drug-likeness (QED) is 0.701. The van der Waals surface area contributed by atoms with Gasteiger partial charge in [0.25, 0.3) is 0 Å². The minimum Gasteiger partial charge on any atom is -0.370 e. The van der Waals surface area contributed by atoms with Gasteiger partial charge >= 0.3 is 0 Å². The van der Waals surface area contributed by atoms with Gasteiger partial charge in [-0.2, -0.15) is 0 Å². The lowest BCUT2D eigenvalue weighted by atomic mass is 9.93. The highest BCUT2D eigenvalue weighted by Crippen LogP contribution is 2.31. The molecule has 0 aliphatic heterocycles. The van der Waals surface area contributed by atoms with E-state index in [0.717, 1.165) is 16.7 Å². The van der Waals surface area contributed by atoms with Crippen LogP contribution in [-0.4, -0.2) is 11.6 Å². The van der Waals surface area contributed by atoms with E-state index in [1.807, 2.05) is 37.3 Å². The zero-order chi connectivity index (χ0) is 18.4. The maximum atomic E-state index is 14.7. The van der Waals surface area contributed by atoms with Crippen LogP contribution in [0, 0.1) is 11.2 Å². The van der Waals surface area contributed by atoms with Crippen LogP contribution in [0.5, 0.6) is 0 Å². The monoisotopic (exact) mass is 336 g/mol. The summed E-state index contributed by atoms with van der Waals surface area (Å²) in [5.74, 6) is -0.882. The molecule has 128 valence electrons. The third-order valence-corrected chi connectivity index (χ3v) is 3.92. The van der Waals surface area contributed by atoms with Crippen molar-refractivity contribution in [3.63, 3.8) is 0 Å². The molecule has 1 amide bonds. The third-order valence-electron chi connectivity index (χ3n) is 3.92. The molecule has 2 rings (SSSR count). The molecule has 0 bridgehead atoms. The molecule has 3 N–H and O–H groups in total. The van der Waals surface area contributed by atoms with Gasteiger partial charge in [0.05, 0.1) is 0 Å². The molecule has 25 heavy (non-hydrogen) atoms. The number of carbonyl (C=O) groups is 1. The van der Waals surface area contributed by atoms with Gasteiger partial charge < -0.3 is 11.1 Å². The lowest BCUT2D eigenvalue weighted by molar-refractivity contribution is -0.117. The first kappa shape index (κ1) is 18.3. The molecule has 0 aliphatic rings. The number of hydrogen-bond donors (Lipinski definition) is 2. The molecule has 3 nitrogen and oxygen atoms in total. The van der Waals surface area contributed by atoms with Crippen LogP contribution in [-0.2, 0) is 4.79 Å². The van der Waals surface area contributed by atoms with Crippen molar-refractivity contribution in [2.24, 2.45) is 5.73 Å². The van der Waals surface area contributed by atoms with E-state index in [4.69, 9.17) is 11.1 Å². The molecule has 0 aromatic heterocycles. The van der Waals surface area contributed by atoms with Crippen molar-refractivity contribution < 1.29 is 9.18 Å². The lowest BCUT2D eigenvalue weighted by Gasteiger charge is -2.12. The summed E-state index contributed by atoms with van der Waals surface area (Å²) in [7, 11) is 0. The van der Waals surface area contributed by atoms with Gasteiger partial charge in [-0.05, 0) is 41.7 Å². The average Bonchev–Trinajstić information content (AvgIpc) is 2.60. The van der Waals surface area contributed by atoms with Gasteiger partial charge in [-0.25, -0.2) is 4.39 Å². The average molecular weight is 336 g/mol. The molecule has 0 unspecified atom stereocenters. The second-order valence-electron chi connectivity index (χ2n) is 5.65. The van der Waals surface area contributed by atoms with Gasteiger partial charge in [-0.15, -0.1) is 0 Å². The number of amides is 1. The molecular formula is C21H21FN2O. The minimum absolute atomic E-state index is 0.0784. The van der Waals surface area contributed by atoms with Gasteiger partial charge in [-0.3, -0.25) is 4.79 Å². The fourth-order valence-corrected chi connectivity index (χ4v) is 2.66. The maximum Gasteiger partial charge on any atom is 0.217 e. The van der Waals surface area contributed by atoms with Gasteiger partial charge in [0.1, 0.15) is 5.82 Å². The van der Waals surface area contributed by atoms with E-state index in [1.165, 1.54) is 6.07 Å². The molecule has 0 radical (unpaired) electrons.